The smallest absolute Gasteiger partial charge is 0.426 e. The largest absolute Gasteiger partial charge is 0.449 e. The summed E-state index contributed by atoms with van der Waals surface area (Å²) in [5.41, 5.74) is 4.37. The van der Waals surface area contributed by atoms with Crippen LogP contribution in [0.15, 0.2) is 30.3 Å². The number of benzene rings is 1. The van der Waals surface area contributed by atoms with E-state index in [1.165, 1.54) is 17.1 Å². The second-order valence-corrected chi connectivity index (χ2v) is 4.93. The van der Waals surface area contributed by atoms with E-state index in [0.29, 0.717) is 17.1 Å². The Hall–Kier alpha value is -3.23. The lowest BCUT2D eigenvalue weighted by atomic mass is 10.1. The van der Waals surface area contributed by atoms with Crippen LogP contribution in [0.3, 0.4) is 0 Å². The summed E-state index contributed by atoms with van der Waals surface area (Å²) in [5.74, 6) is 0.412. The Kier molecular flexibility index (Phi) is 5.25. The van der Waals surface area contributed by atoms with Gasteiger partial charge in [0, 0.05) is 24.7 Å². The Labute approximate surface area is 138 Å². The van der Waals surface area contributed by atoms with E-state index in [1.54, 1.807) is 32.2 Å². The Morgan fingerprint density at radius 1 is 1.38 bits per heavy atom. The molecule has 0 fully saturated rings. The average Bonchev–Trinajstić information content (AvgIpc) is 2.55. The third-order valence-corrected chi connectivity index (χ3v) is 3.18. The minimum atomic E-state index is -0.595. The lowest BCUT2D eigenvalue weighted by Crippen LogP contribution is -2.40. The number of non-ortho nitro benzene ring substituents is 1. The maximum Gasteiger partial charge on any atom is 0.426 e. The summed E-state index contributed by atoms with van der Waals surface area (Å²) in [4.78, 5) is 21.8. The number of hydrogen-bond acceptors (Lipinski definition) is 7. The molecule has 0 aliphatic carbocycles. The molecule has 9 heteroatoms. The Morgan fingerprint density at radius 2 is 2.12 bits per heavy atom. The highest BCUT2D eigenvalue weighted by atomic mass is 16.6. The molecule has 0 unspecified atom stereocenters. The van der Waals surface area contributed by atoms with Gasteiger partial charge in [-0.15, -0.1) is 10.2 Å². The Balaban J connectivity index is 2.25. The van der Waals surface area contributed by atoms with Gasteiger partial charge in [0.15, 0.2) is 5.82 Å². The molecule has 2 aromatic rings. The number of nitrogens with one attached hydrogen (secondary N) is 1. The first kappa shape index (κ1) is 17.1. The van der Waals surface area contributed by atoms with E-state index in [0.717, 1.165) is 5.56 Å². The molecule has 1 aromatic heterocycles. The lowest BCUT2D eigenvalue weighted by Gasteiger charge is -2.19. The van der Waals surface area contributed by atoms with Crippen LogP contribution in [0.1, 0.15) is 12.5 Å². The summed E-state index contributed by atoms with van der Waals surface area (Å²) in [6, 6.07) is 7.89. The van der Waals surface area contributed by atoms with E-state index >= 15 is 0 Å². The zero-order chi connectivity index (χ0) is 17.7. The first-order chi connectivity index (χ1) is 11.4. The standard InChI is InChI=1S/C15H17N5O4/c1-4-24-15(21)18-19(3)13-8-10(2)14(17-16-13)11-6-5-7-12(9-11)20(22)23/h5-9H,4H2,1-3H3,(H,18,21). The second-order valence-electron chi connectivity index (χ2n) is 4.93. The van der Waals surface area contributed by atoms with Crippen molar-refractivity contribution in [2.24, 2.45) is 0 Å². The van der Waals surface area contributed by atoms with Crippen LogP contribution >= 0.6 is 0 Å². The van der Waals surface area contributed by atoms with E-state index in [1.807, 2.05) is 6.92 Å². The summed E-state index contributed by atoms with van der Waals surface area (Å²) in [6.07, 6.45) is -0.595. The van der Waals surface area contributed by atoms with Gasteiger partial charge < -0.3 is 4.74 Å². The minimum absolute atomic E-state index is 0.0149. The topological polar surface area (TPSA) is 110 Å². The molecule has 2 rings (SSSR count). The predicted molar refractivity (Wildman–Crippen MR) is 87.4 cm³/mol. The number of aromatic nitrogens is 2. The van der Waals surface area contributed by atoms with Crippen molar-refractivity contribution in [1.29, 1.82) is 0 Å². The van der Waals surface area contributed by atoms with E-state index in [9.17, 15) is 14.9 Å². The van der Waals surface area contributed by atoms with Crippen LogP contribution in [0.5, 0.6) is 0 Å². The molecule has 0 saturated carbocycles. The number of rotatable bonds is 5. The minimum Gasteiger partial charge on any atom is -0.449 e. The van der Waals surface area contributed by atoms with Crippen LogP contribution in [0.4, 0.5) is 16.3 Å². The van der Waals surface area contributed by atoms with E-state index < -0.39 is 11.0 Å². The lowest BCUT2D eigenvalue weighted by molar-refractivity contribution is -0.384. The summed E-state index contributed by atoms with van der Waals surface area (Å²) >= 11 is 0. The zero-order valence-electron chi connectivity index (χ0n) is 13.5. The number of nitrogens with zero attached hydrogens (tertiary/aromatic N) is 4. The number of hydrogen-bond donors (Lipinski definition) is 1. The third kappa shape index (κ3) is 3.94. The normalized spacial score (nSPS) is 10.1. The van der Waals surface area contributed by atoms with Gasteiger partial charge in [-0.3, -0.25) is 15.1 Å². The van der Waals surface area contributed by atoms with Gasteiger partial charge in [-0.2, -0.15) is 0 Å². The van der Waals surface area contributed by atoms with E-state index in [4.69, 9.17) is 4.74 Å². The number of nitro benzene ring substituents is 1. The number of carbonyl (C=O) groups excluding carboxylic acids is 1. The molecule has 1 N–H and O–H groups in total. The maximum atomic E-state index is 11.4. The molecule has 24 heavy (non-hydrogen) atoms. The first-order valence-electron chi connectivity index (χ1n) is 7.18. The van der Waals surface area contributed by atoms with Gasteiger partial charge in [0.05, 0.1) is 17.2 Å². The molecule has 0 spiro atoms. The van der Waals surface area contributed by atoms with Gasteiger partial charge in [0.2, 0.25) is 0 Å². The van der Waals surface area contributed by atoms with Crippen molar-refractivity contribution in [1.82, 2.24) is 15.6 Å². The number of hydrazine groups is 1. The molecule has 0 radical (unpaired) electrons. The fraction of sp³-hybridized carbons (Fsp3) is 0.267. The number of nitro groups is 1. The maximum absolute atomic E-state index is 11.4. The number of anilines is 1. The predicted octanol–water partition coefficient (Wildman–Crippen LogP) is 2.46. The summed E-state index contributed by atoms with van der Waals surface area (Å²) < 4.78 is 4.79. The number of ether oxygens (including phenoxy) is 1. The molecule has 0 aliphatic heterocycles. The molecule has 0 saturated heterocycles. The van der Waals surface area contributed by atoms with Gasteiger partial charge in [-0.25, -0.2) is 10.2 Å². The van der Waals surface area contributed by atoms with Crippen LogP contribution in [0.2, 0.25) is 0 Å². The molecule has 0 bridgehead atoms. The molecule has 1 heterocycles. The van der Waals surface area contributed by atoms with Crippen molar-refractivity contribution in [3.05, 3.63) is 46.0 Å². The SMILES string of the molecule is CCOC(=O)NN(C)c1cc(C)c(-c2cccc([N+](=O)[O-])c2)nn1. The molecule has 1 amide bonds. The van der Waals surface area contributed by atoms with Crippen LogP contribution in [-0.2, 0) is 4.74 Å². The van der Waals surface area contributed by atoms with Crippen molar-refractivity contribution >= 4 is 17.6 Å². The van der Waals surface area contributed by atoms with Crippen molar-refractivity contribution in [3.8, 4) is 11.3 Å². The number of aryl methyl sites for hydroxylation is 1. The fourth-order valence-electron chi connectivity index (χ4n) is 2.04. The monoisotopic (exact) mass is 331 g/mol. The first-order valence-corrected chi connectivity index (χ1v) is 7.18. The van der Waals surface area contributed by atoms with Gasteiger partial charge >= 0.3 is 6.09 Å². The molecule has 9 nitrogen and oxygen atoms in total. The van der Waals surface area contributed by atoms with Crippen molar-refractivity contribution in [2.75, 3.05) is 18.7 Å². The summed E-state index contributed by atoms with van der Waals surface area (Å²) in [7, 11) is 1.60. The van der Waals surface area contributed by atoms with Crippen LogP contribution in [0, 0.1) is 17.0 Å². The highest BCUT2D eigenvalue weighted by Crippen LogP contribution is 2.25. The van der Waals surface area contributed by atoms with Crippen molar-refractivity contribution in [2.45, 2.75) is 13.8 Å². The van der Waals surface area contributed by atoms with Gasteiger partial charge in [0.1, 0.15) is 0 Å². The molecule has 0 atom stereocenters. The number of carbonyl (C=O) groups is 1. The highest BCUT2D eigenvalue weighted by Gasteiger charge is 2.13. The fourth-order valence-corrected chi connectivity index (χ4v) is 2.04. The molecular formula is C15H17N5O4. The third-order valence-electron chi connectivity index (χ3n) is 3.18. The van der Waals surface area contributed by atoms with Gasteiger partial charge in [0.25, 0.3) is 5.69 Å². The Bertz CT molecular complexity index is 765. The van der Waals surface area contributed by atoms with Crippen LogP contribution in [0.25, 0.3) is 11.3 Å². The van der Waals surface area contributed by atoms with Crippen LogP contribution < -0.4 is 10.4 Å². The summed E-state index contributed by atoms with van der Waals surface area (Å²) in [6.45, 7) is 3.78. The quantitative estimate of drug-likeness (QED) is 0.661. The van der Waals surface area contributed by atoms with Crippen molar-refractivity contribution in [3.63, 3.8) is 0 Å². The summed E-state index contributed by atoms with van der Waals surface area (Å²) in [5, 5.41) is 20.4. The van der Waals surface area contributed by atoms with E-state index in [2.05, 4.69) is 15.6 Å². The zero-order valence-corrected chi connectivity index (χ0v) is 13.5. The van der Waals surface area contributed by atoms with Crippen LogP contribution in [-0.4, -0.2) is 34.9 Å². The molecule has 126 valence electrons. The van der Waals surface area contributed by atoms with E-state index in [-0.39, 0.29) is 12.3 Å². The van der Waals surface area contributed by atoms with Gasteiger partial charge in [-0.1, -0.05) is 12.1 Å². The Morgan fingerprint density at radius 3 is 2.75 bits per heavy atom. The number of amides is 1. The molecular weight excluding hydrogens is 314 g/mol. The average molecular weight is 331 g/mol. The molecule has 1 aromatic carbocycles. The molecule has 0 aliphatic rings. The highest BCUT2D eigenvalue weighted by molar-refractivity contribution is 5.70. The second kappa shape index (κ2) is 7.36. The van der Waals surface area contributed by atoms with Crippen molar-refractivity contribution < 1.29 is 14.5 Å². The van der Waals surface area contributed by atoms with Gasteiger partial charge in [-0.05, 0) is 25.5 Å².